The van der Waals surface area contributed by atoms with Crippen LogP contribution < -0.4 is 15.6 Å². The predicted octanol–water partition coefficient (Wildman–Crippen LogP) is 5.04. The molecule has 0 saturated carbocycles. The smallest absolute Gasteiger partial charge is 0.263 e. The summed E-state index contributed by atoms with van der Waals surface area (Å²) in [6.07, 6.45) is 6.10. The zero-order valence-corrected chi connectivity index (χ0v) is 19.3. The van der Waals surface area contributed by atoms with Gasteiger partial charge in [0.2, 0.25) is 5.91 Å². The fourth-order valence-corrected chi connectivity index (χ4v) is 5.26. The van der Waals surface area contributed by atoms with E-state index in [-0.39, 0.29) is 18.0 Å². The van der Waals surface area contributed by atoms with Gasteiger partial charge >= 0.3 is 0 Å². The van der Waals surface area contributed by atoms with E-state index in [1.54, 1.807) is 24.3 Å². The van der Waals surface area contributed by atoms with Crippen LogP contribution in [0.15, 0.2) is 59.0 Å². The van der Waals surface area contributed by atoms with Gasteiger partial charge in [-0.05, 0) is 73.6 Å². The van der Waals surface area contributed by atoms with Gasteiger partial charge in [-0.3, -0.25) is 14.2 Å². The number of carbonyl (C=O) groups is 1. The second-order valence-corrected chi connectivity index (χ2v) is 9.06. The van der Waals surface area contributed by atoms with Crippen molar-refractivity contribution in [2.24, 2.45) is 0 Å². The van der Waals surface area contributed by atoms with Gasteiger partial charge in [0, 0.05) is 16.6 Å². The maximum atomic E-state index is 13.3. The molecule has 1 aliphatic carbocycles. The molecule has 0 atom stereocenters. The van der Waals surface area contributed by atoms with Crippen LogP contribution >= 0.6 is 11.3 Å². The third-order valence-corrected chi connectivity index (χ3v) is 6.87. The van der Waals surface area contributed by atoms with Crippen LogP contribution in [0, 0.1) is 0 Å². The van der Waals surface area contributed by atoms with Crippen LogP contribution in [0.3, 0.4) is 0 Å². The minimum absolute atomic E-state index is 0.103. The van der Waals surface area contributed by atoms with Gasteiger partial charge in [-0.1, -0.05) is 18.2 Å². The molecule has 5 rings (SSSR count). The predicted molar refractivity (Wildman–Crippen MR) is 132 cm³/mol. The fourth-order valence-electron chi connectivity index (χ4n) is 4.35. The van der Waals surface area contributed by atoms with Crippen LogP contribution in [0.1, 0.15) is 30.9 Å². The molecule has 0 spiro atoms. The van der Waals surface area contributed by atoms with Crippen LogP contribution in [0.2, 0.25) is 0 Å². The highest BCUT2D eigenvalue weighted by atomic mass is 32.1. The number of rotatable bonds is 6. The third-order valence-electron chi connectivity index (χ3n) is 5.98. The van der Waals surface area contributed by atoms with Crippen molar-refractivity contribution >= 4 is 33.1 Å². The SMILES string of the molecule is CCOc1ccc(NC(=O)Cn2cnc3scc(-c4ccc5c(c4)CCCC5)c3c2=O)cc1. The summed E-state index contributed by atoms with van der Waals surface area (Å²) in [5.41, 5.74) is 5.16. The maximum Gasteiger partial charge on any atom is 0.263 e. The Morgan fingerprint density at radius 1 is 1.12 bits per heavy atom. The summed E-state index contributed by atoms with van der Waals surface area (Å²) in [7, 11) is 0. The van der Waals surface area contributed by atoms with Crippen LogP contribution in [0.25, 0.3) is 21.3 Å². The molecule has 1 amide bonds. The van der Waals surface area contributed by atoms with E-state index in [0.29, 0.717) is 22.5 Å². The highest BCUT2D eigenvalue weighted by Gasteiger charge is 2.17. The van der Waals surface area contributed by atoms with E-state index in [2.05, 4.69) is 28.5 Å². The number of thiophene rings is 1. The van der Waals surface area contributed by atoms with E-state index < -0.39 is 0 Å². The number of aryl methyl sites for hydroxylation is 2. The summed E-state index contributed by atoms with van der Waals surface area (Å²) in [5.74, 6) is 0.460. The minimum atomic E-state index is -0.284. The Labute approximate surface area is 195 Å². The van der Waals surface area contributed by atoms with E-state index in [9.17, 15) is 9.59 Å². The number of fused-ring (bicyclic) bond motifs is 2. The van der Waals surface area contributed by atoms with E-state index in [1.165, 1.54) is 46.2 Å². The molecule has 7 heteroatoms. The molecule has 0 aliphatic heterocycles. The largest absolute Gasteiger partial charge is 0.494 e. The molecular formula is C26H25N3O3S. The lowest BCUT2D eigenvalue weighted by Gasteiger charge is -2.16. The van der Waals surface area contributed by atoms with Crippen molar-refractivity contribution in [1.82, 2.24) is 9.55 Å². The Bertz CT molecular complexity index is 1370. The number of aromatic nitrogens is 2. The van der Waals surface area contributed by atoms with Gasteiger partial charge in [-0.25, -0.2) is 4.98 Å². The third kappa shape index (κ3) is 4.41. The van der Waals surface area contributed by atoms with Crippen LogP contribution in [-0.2, 0) is 24.2 Å². The number of hydrogen-bond donors (Lipinski definition) is 1. The average Bonchev–Trinajstić information content (AvgIpc) is 3.27. The lowest BCUT2D eigenvalue weighted by Crippen LogP contribution is -2.27. The summed E-state index contributed by atoms with van der Waals surface area (Å²) >= 11 is 1.46. The van der Waals surface area contributed by atoms with Gasteiger partial charge in [0.15, 0.2) is 0 Å². The molecule has 0 unspecified atom stereocenters. The summed E-state index contributed by atoms with van der Waals surface area (Å²) < 4.78 is 6.80. The van der Waals surface area contributed by atoms with Gasteiger partial charge in [-0.15, -0.1) is 11.3 Å². The molecule has 0 fully saturated rings. The number of nitrogens with one attached hydrogen (secondary N) is 1. The highest BCUT2D eigenvalue weighted by Crippen LogP contribution is 2.33. The summed E-state index contributed by atoms with van der Waals surface area (Å²) in [4.78, 5) is 31.1. The van der Waals surface area contributed by atoms with E-state index in [1.807, 2.05) is 12.3 Å². The number of carbonyl (C=O) groups excluding carboxylic acids is 1. The number of hydrogen-bond acceptors (Lipinski definition) is 5. The van der Waals surface area contributed by atoms with Gasteiger partial charge in [0.1, 0.15) is 17.1 Å². The topological polar surface area (TPSA) is 73.2 Å². The molecular weight excluding hydrogens is 434 g/mol. The second-order valence-electron chi connectivity index (χ2n) is 8.20. The lowest BCUT2D eigenvalue weighted by atomic mass is 9.89. The first-order chi connectivity index (χ1) is 16.1. The van der Waals surface area contributed by atoms with Crippen molar-refractivity contribution in [3.05, 3.63) is 75.7 Å². The molecule has 2 aromatic carbocycles. The molecule has 0 radical (unpaired) electrons. The van der Waals surface area contributed by atoms with Gasteiger partial charge < -0.3 is 10.1 Å². The average molecular weight is 460 g/mol. The molecule has 2 heterocycles. The molecule has 168 valence electrons. The van der Waals surface area contributed by atoms with Crippen LogP contribution in [-0.4, -0.2) is 22.1 Å². The molecule has 33 heavy (non-hydrogen) atoms. The van der Waals surface area contributed by atoms with Crippen LogP contribution in [0.4, 0.5) is 5.69 Å². The Hall–Kier alpha value is -3.45. The number of ether oxygens (including phenoxy) is 1. The number of nitrogens with zero attached hydrogens (tertiary/aromatic N) is 2. The standard InChI is InChI=1S/C26H25N3O3S/c1-2-32-21-11-9-20(10-12-21)28-23(30)14-29-16-27-25-24(26(29)31)22(15-33-25)19-8-7-17-5-3-4-6-18(17)13-19/h7-13,15-16H,2-6,14H2,1H3,(H,28,30). The molecule has 6 nitrogen and oxygen atoms in total. The van der Waals surface area contributed by atoms with Gasteiger partial charge in [0.05, 0.1) is 18.3 Å². The maximum absolute atomic E-state index is 13.3. The zero-order chi connectivity index (χ0) is 22.8. The van der Waals surface area contributed by atoms with Crippen LogP contribution in [0.5, 0.6) is 5.75 Å². The monoisotopic (exact) mass is 459 g/mol. The first-order valence-corrected chi connectivity index (χ1v) is 12.1. The van der Waals surface area contributed by atoms with Gasteiger partial charge in [-0.2, -0.15) is 0 Å². The lowest BCUT2D eigenvalue weighted by molar-refractivity contribution is -0.116. The van der Waals surface area contributed by atoms with Crippen molar-refractivity contribution < 1.29 is 9.53 Å². The fraction of sp³-hybridized carbons (Fsp3) is 0.269. The van der Waals surface area contributed by atoms with Crippen molar-refractivity contribution in [1.29, 1.82) is 0 Å². The normalized spacial score (nSPS) is 13.0. The molecule has 2 aromatic heterocycles. The summed E-state index contributed by atoms with van der Waals surface area (Å²) in [6.45, 7) is 2.40. The number of amides is 1. The first kappa shape index (κ1) is 21.4. The van der Waals surface area contributed by atoms with E-state index in [4.69, 9.17) is 4.74 Å². The van der Waals surface area contributed by atoms with Crippen molar-refractivity contribution in [3.63, 3.8) is 0 Å². The second kappa shape index (κ2) is 9.19. The van der Waals surface area contributed by atoms with Crippen molar-refractivity contribution in [3.8, 4) is 16.9 Å². The molecule has 1 aliphatic rings. The number of benzene rings is 2. The molecule has 0 bridgehead atoms. The quantitative estimate of drug-likeness (QED) is 0.438. The van der Waals surface area contributed by atoms with E-state index in [0.717, 1.165) is 29.7 Å². The highest BCUT2D eigenvalue weighted by molar-refractivity contribution is 7.17. The first-order valence-electron chi connectivity index (χ1n) is 11.2. The van der Waals surface area contributed by atoms with Crippen molar-refractivity contribution in [2.75, 3.05) is 11.9 Å². The van der Waals surface area contributed by atoms with Gasteiger partial charge in [0.25, 0.3) is 5.56 Å². The van der Waals surface area contributed by atoms with E-state index >= 15 is 0 Å². The molecule has 0 saturated heterocycles. The Balaban J connectivity index is 1.40. The van der Waals surface area contributed by atoms with Crippen molar-refractivity contribution in [2.45, 2.75) is 39.2 Å². The Morgan fingerprint density at radius 2 is 1.91 bits per heavy atom. The molecule has 1 N–H and O–H groups in total. The summed E-state index contributed by atoms with van der Waals surface area (Å²) in [5, 5.41) is 5.40. The summed E-state index contributed by atoms with van der Waals surface area (Å²) in [6, 6.07) is 13.7. The zero-order valence-electron chi connectivity index (χ0n) is 18.5. The Kier molecular flexibility index (Phi) is 5.96. The minimum Gasteiger partial charge on any atom is -0.494 e. The molecule has 4 aromatic rings. The number of anilines is 1. The Morgan fingerprint density at radius 3 is 2.70 bits per heavy atom.